The van der Waals surface area contributed by atoms with Crippen molar-refractivity contribution in [2.45, 2.75) is 25.7 Å². The summed E-state index contributed by atoms with van der Waals surface area (Å²) in [5.41, 5.74) is 7.75. The summed E-state index contributed by atoms with van der Waals surface area (Å²) in [5, 5.41) is 0. The fraction of sp³-hybridized carbons (Fsp3) is 0.444. The standard InChI is InChI=1S/C9H12N2.Y/c1-11-7-6-8-4-2-3-5-9(8)10;/h1,7H,2-5,10H2;. The van der Waals surface area contributed by atoms with Crippen molar-refractivity contribution in [1.29, 1.82) is 0 Å². The Morgan fingerprint density at radius 1 is 1.42 bits per heavy atom. The SMILES string of the molecule is C#[N+]C=[C-]C1=C(N)CCCC1.[Y]. The van der Waals surface area contributed by atoms with E-state index in [-0.39, 0.29) is 32.7 Å². The monoisotopic (exact) mass is 237 g/mol. The molecule has 61 valence electrons. The molecule has 1 rings (SSSR count). The maximum atomic E-state index is 5.73. The van der Waals surface area contributed by atoms with Crippen LogP contribution in [-0.4, -0.2) is 0 Å². The van der Waals surface area contributed by atoms with Crippen LogP contribution in [0.25, 0.3) is 4.85 Å². The van der Waals surface area contributed by atoms with Crippen LogP contribution in [0.5, 0.6) is 0 Å². The third-order valence-corrected chi connectivity index (χ3v) is 1.82. The summed E-state index contributed by atoms with van der Waals surface area (Å²) in [6.07, 6.45) is 8.81. The summed E-state index contributed by atoms with van der Waals surface area (Å²) in [6.45, 7) is 4.93. The Labute approximate surface area is 98.6 Å². The summed E-state index contributed by atoms with van der Waals surface area (Å²) in [7, 11) is 0. The van der Waals surface area contributed by atoms with Crippen LogP contribution in [0.15, 0.2) is 17.5 Å². The third-order valence-electron chi connectivity index (χ3n) is 1.82. The zero-order valence-electron chi connectivity index (χ0n) is 7.09. The predicted molar refractivity (Wildman–Crippen MR) is 45.8 cm³/mol. The first kappa shape index (κ1) is 11.9. The molecule has 0 unspecified atom stereocenters. The van der Waals surface area contributed by atoms with E-state index in [1.54, 1.807) is 0 Å². The second kappa shape index (κ2) is 6.40. The Morgan fingerprint density at radius 2 is 2.08 bits per heavy atom. The molecule has 2 N–H and O–H groups in total. The maximum absolute atomic E-state index is 5.73. The summed E-state index contributed by atoms with van der Waals surface area (Å²) in [5.74, 6) is 0. The van der Waals surface area contributed by atoms with Gasteiger partial charge in [0.2, 0.25) is 6.20 Å². The molecule has 0 amide bonds. The fourth-order valence-corrected chi connectivity index (χ4v) is 1.21. The van der Waals surface area contributed by atoms with E-state index in [0.29, 0.717) is 0 Å². The largest absolute Gasteiger partial charge is 0.478 e. The van der Waals surface area contributed by atoms with Crippen LogP contribution < -0.4 is 5.73 Å². The van der Waals surface area contributed by atoms with E-state index < -0.39 is 0 Å². The van der Waals surface area contributed by atoms with Crippen molar-refractivity contribution in [1.82, 2.24) is 0 Å². The molecule has 1 aliphatic carbocycles. The minimum Gasteiger partial charge on any atom is -0.478 e. The molecule has 0 atom stereocenters. The summed E-state index contributed by atoms with van der Waals surface area (Å²) in [4.78, 5) is 3.34. The number of hydrogen-bond acceptors (Lipinski definition) is 1. The minimum atomic E-state index is 0. The van der Waals surface area contributed by atoms with Gasteiger partial charge in [-0.2, -0.15) is 11.6 Å². The molecule has 0 heterocycles. The Kier molecular flexibility index (Phi) is 6.33. The van der Waals surface area contributed by atoms with Crippen LogP contribution in [0.3, 0.4) is 0 Å². The summed E-state index contributed by atoms with van der Waals surface area (Å²) < 4.78 is 0. The van der Waals surface area contributed by atoms with E-state index in [2.05, 4.69) is 10.9 Å². The van der Waals surface area contributed by atoms with Gasteiger partial charge in [-0.1, -0.05) is 30.5 Å². The quantitative estimate of drug-likeness (QED) is 0.695. The van der Waals surface area contributed by atoms with E-state index in [9.17, 15) is 0 Å². The van der Waals surface area contributed by atoms with Crippen molar-refractivity contribution < 1.29 is 32.7 Å². The van der Waals surface area contributed by atoms with Crippen LogP contribution >= 0.6 is 0 Å². The first-order chi connectivity index (χ1) is 5.34. The summed E-state index contributed by atoms with van der Waals surface area (Å²) >= 11 is 0. The second-order valence-corrected chi connectivity index (χ2v) is 2.63. The van der Waals surface area contributed by atoms with Crippen molar-refractivity contribution in [3.63, 3.8) is 0 Å². The van der Waals surface area contributed by atoms with Crippen molar-refractivity contribution in [3.05, 3.63) is 28.4 Å². The average molecular weight is 237 g/mol. The topological polar surface area (TPSA) is 30.4 Å². The van der Waals surface area contributed by atoms with E-state index in [0.717, 1.165) is 24.1 Å². The van der Waals surface area contributed by atoms with Gasteiger partial charge in [-0.3, -0.25) is 0 Å². The molecule has 0 saturated heterocycles. The number of nitrogens with zero attached hydrogens (tertiary/aromatic N) is 1. The fourth-order valence-electron chi connectivity index (χ4n) is 1.21. The number of hydrogen-bond donors (Lipinski definition) is 1. The van der Waals surface area contributed by atoms with Crippen molar-refractivity contribution >= 4 is 0 Å². The Morgan fingerprint density at radius 3 is 2.67 bits per heavy atom. The van der Waals surface area contributed by atoms with Gasteiger partial charge < -0.3 is 5.73 Å². The first-order valence-corrected chi connectivity index (χ1v) is 3.80. The number of allylic oxidation sites excluding steroid dienone is 3. The van der Waals surface area contributed by atoms with Crippen LogP contribution in [0.1, 0.15) is 25.7 Å². The van der Waals surface area contributed by atoms with Gasteiger partial charge in [0.15, 0.2) is 0 Å². The summed E-state index contributed by atoms with van der Waals surface area (Å²) in [6, 6.07) is 0. The molecule has 3 heteroatoms. The minimum absolute atomic E-state index is 0. The zero-order chi connectivity index (χ0) is 8.10. The smallest absolute Gasteiger partial charge is 0.264 e. The van der Waals surface area contributed by atoms with Gasteiger partial charge in [-0.05, 0) is 0 Å². The van der Waals surface area contributed by atoms with Crippen molar-refractivity contribution in [2.24, 2.45) is 5.73 Å². The van der Waals surface area contributed by atoms with E-state index in [1.807, 2.05) is 0 Å². The molecular formula is C9H12N2Y. The molecule has 0 saturated carbocycles. The van der Waals surface area contributed by atoms with Gasteiger partial charge in [0.25, 0.3) is 6.57 Å². The molecule has 12 heavy (non-hydrogen) atoms. The molecule has 0 aromatic rings. The van der Waals surface area contributed by atoms with Crippen LogP contribution in [0.2, 0.25) is 0 Å². The van der Waals surface area contributed by atoms with Crippen LogP contribution in [0, 0.1) is 12.6 Å². The van der Waals surface area contributed by atoms with E-state index in [1.165, 1.54) is 19.0 Å². The van der Waals surface area contributed by atoms with Crippen LogP contribution in [-0.2, 0) is 32.7 Å². The molecule has 0 aliphatic heterocycles. The first-order valence-electron chi connectivity index (χ1n) is 3.80. The van der Waals surface area contributed by atoms with Crippen molar-refractivity contribution in [2.75, 3.05) is 0 Å². The van der Waals surface area contributed by atoms with Gasteiger partial charge in [0.05, 0.1) is 0 Å². The molecule has 0 spiro atoms. The molecule has 0 aromatic carbocycles. The molecular weight excluding hydrogens is 225 g/mol. The normalized spacial score (nSPS) is 17.2. The molecule has 1 radical (unpaired) electrons. The van der Waals surface area contributed by atoms with E-state index in [4.69, 9.17) is 12.3 Å². The maximum Gasteiger partial charge on any atom is 0.264 e. The second-order valence-electron chi connectivity index (χ2n) is 2.63. The Balaban J connectivity index is 0.00000121. The van der Waals surface area contributed by atoms with Gasteiger partial charge in [-0.15, -0.1) is 5.70 Å². The van der Waals surface area contributed by atoms with Gasteiger partial charge in [0.1, 0.15) is 0 Å². The van der Waals surface area contributed by atoms with Gasteiger partial charge in [-0.25, -0.2) is 0 Å². The predicted octanol–water partition coefficient (Wildman–Crippen LogP) is 2.05. The molecule has 0 aromatic heterocycles. The molecule has 1 aliphatic rings. The van der Waals surface area contributed by atoms with Gasteiger partial charge >= 0.3 is 0 Å². The molecule has 2 nitrogen and oxygen atoms in total. The molecule has 0 bridgehead atoms. The number of nitrogens with two attached hydrogens (primary N) is 1. The third kappa shape index (κ3) is 3.51. The van der Waals surface area contributed by atoms with E-state index >= 15 is 0 Å². The molecule has 0 fully saturated rings. The number of rotatable bonds is 1. The Bertz CT molecular complexity index is 235. The average Bonchev–Trinajstić information content (AvgIpc) is 2.03. The zero-order valence-corrected chi connectivity index (χ0v) is 9.92. The van der Waals surface area contributed by atoms with Gasteiger partial charge in [0, 0.05) is 32.7 Å². The van der Waals surface area contributed by atoms with Crippen molar-refractivity contribution in [3.8, 4) is 6.57 Å². The Hall–Kier alpha value is -0.126. The van der Waals surface area contributed by atoms with Crippen LogP contribution in [0.4, 0.5) is 0 Å².